The summed E-state index contributed by atoms with van der Waals surface area (Å²) in [5, 5.41) is 3.85. The van der Waals surface area contributed by atoms with Crippen LogP contribution in [0.5, 0.6) is 5.75 Å². The average Bonchev–Trinajstić information content (AvgIpc) is 3.10. The zero-order chi connectivity index (χ0) is 17.4. The van der Waals surface area contributed by atoms with E-state index < -0.39 is 10.0 Å². The van der Waals surface area contributed by atoms with Crippen LogP contribution in [0.3, 0.4) is 0 Å². The Balaban J connectivity index is 1.73. The molecule has 2 aliphatic rings. The molecule has 2 aromatic carbocycles. The average molecular weight is 379 g/mol. The fourth-order valence-corrected chi connectivity index (χ4v) is 5.36. The number of sulfonamides is 1. The molecule has 1 N–H and O–H groups in total. The van der Waals surface area contributed by atoms with Gasteiger partial charge in [-0.25, -0.2) is 8.42 Å². The molecule has 2 aromatic rings. The van der Waals surface area contributed by atoms with E-state index in [0.29, 0.717) is 36.2 Å². The molecule has 4 rings (SSSR count). The largest absolute Gasteiger partial charge is 0.493 e. The molecular weight excluding hydrogens is 360 g/mol. The number of nitrogens with zero attached hydrogens (tertiary/aromatic N) is 1. The highest BCUT2D eigenvalue weighted by atomic mass is 35.5. The van der Waals surface area contributed by atoms with E-state index in [-0.39, 0.29) is 6.04 Å². The second kappa shape index (κ2) is 6.61. The standard InChI is InChI=1S/C18H19ClN2O3S/c19-16-4-2-1-3-15(16)17-12-20-8-9-21(17)25(22,23)14-5-6-18-13(11-14)7-10-24-18/h1-6,11,17,20H,7-10,12H2. The van der Waals surface area contributed by atoms with E-state index in [1.807, 2.05) is 18.2 Å². The highest BCUT2D eigenvalue weighted by Gasteiger charge is 2.35. The van der Waals surface area contributed by atoms with Crippen LogP contribution in [0, 0.1) is 0 Å². The minimum absolute atomic E-state index is 0.315. The van der Waals surface area contributed by atoms with Gasteiger partial charge in [-0.15, -0.1) is 0 Å². The van der Waals surface area contributed by atoms with Crippen LogP contribution in [0.1, 0.15) is 17.2 Å². The van der Waals surface area contributed by atoms with Crippen molar-refractivity contribution >= 4 is 21.6 Å². The van der Waals surface area contributed by atoms with Gasteiger partial charge in [-0.2, -0.15) is 4.31 Å². The van der Waals surface area contributed by atoms with Crippen molar-refractivity contribution in [1.29, 1.82) is 0 Å². The van der Waals surface area contributed by atoms with Crippen molar-refractivity contribution in [3.05, 3.63) is 58.6 Å². The molecule has 0 amide bonds. The SMILES string of the molecule is O=S(=O)(c1ccc2c(c1)CCO2)N1CCNCC1c1ccccc1Cl. The third kappa shape index (κ3) is 3.04. The van der Waals surface area contributed by atoms with Crippen LogP contribution >= 0.6 is 11.6 Å². The first-order valence-corrected chi connectivity index (χ1v) is 10.1. The van der Waals surface area contributed by atoms with Gasteiger partial charge in [-0.05, 0) is 35.4 Å². The van der Waals surface area contributed by atoms with Gasteiger partial charge in [0.2, 0.25) is 10.0 Å². The van der Waals surface area contributed by atoms with Crippen molar-refractivity contribution in [2.45, 2.75) is 17.4 Å². The molecule has 2 aliphatic heterocycles. The molecule has 0 saturated carbocycles. The molecule has 1 atom stereocenters. The predicted molar refractivity (Wildman–Crippen MR) is 96.6 cm³/mol. The Bertz CT molecular complexity index is 901. The Morgan fingerprint density at radius 2 is 2.04 bits per heavy atom. The zero-order valence-electron chi connectivity index (χ0n) is 13.6. The van der Waals surface area contributed by atoms with Crippen LogP contribution in [0.15, 0.2) is 47.4 Å². The van der Waals surface area contributed by atoms with Gasteiger partial charge in [0.25, 0.3) is 0 Å². The van der Waals surface area contributed by atoms with Gasteiger partial charge >= 0.3 is 0 Å². The van der Waals surface area contributed by atoms with Crippen LogP contribution < -0.4 is 10.1 Å². The van der Waals surface area contributed by atoms with Crippen molar-refractivity contribution in [2.75, 3.05) is 26.2 Å². The van der Waals surface area contributed by atoms with E-state index in [1.165, 1.54) is 0 Å². The van der Waals surface area contributed by atoms with E-state index in [1.54, 1.807) is 28.6 Å². The van der Waals surface area contributed by atoms with Gasteiger partial charge < -0.3 is 10.1 Å². The number of hydrogen-bond donors (Lipinski definition) is 1. The summed E-state index contributed by atoms with van der Waals surface area (Å²) in [6.45, 7) is 2.17. The Labute approximate surface area is 152 Å². The number of ether oxygens (including phenoxy) is 1. The summed E-state index contributed by atoms with van der Waals surface area (Å²) in [7, 11) is -3.62. The first kappa shape index (κ1) is 16.8. The number of benzene rings is 2. The highest BCUT2D eigenvalue weighted by molar-refractivity contribution is 7.89. The molecule has 5 nitrogen and oxygen atoms in total. The van der Waals surface area contributed by atoms with E-state index in [0.717, 1.165) is 23.3 Å². The molecule has 1 fully saturated rings. The highest BCUT2D eigenvalue weighted by Crippen LogP contribution is 2.34. The molecular formula is C18H19ClN2O3S. The molecule has 1 unspecified atom stereocenters. The quantitative estimate of drug-likeness (QED) is 0.891. The molecule has 0 radical (unpaired) electrons. The summed E-state index contributed by atoms with van der Waals surface area (Å²) in [5.74, 6) is 0.780. The topological polar surface area (TPSA) is 58.6 Å². The minimum Gasteiger partial charge on any atom is -0.493 e. The first-order chi connectivity index (χ1) is 12.1. The number of piperazine rings is 1. The molecule has 0 aliphatic carbocycles. The van der Waals surface area contributed by atoms with Crippen molar-refractivity contribution in [1.82, 2.24) is 9.62 Å². The van der Waals surface area contributed by atoms with Crippen LogP contribution in [0.25, 0.3) is 0 Å². The third-order valence-corrected chi connectivity index (χ3v) is 6.97. The minimum atomic E-state index is -3.62. The number of fused-ring (bicyclic) bond motifs is 1. The monoisotopic (exact) mass is 378 g/mol. The van der Waals surface area contributed by atoms with Crippen molar-refractivity contribution in [2.24, 2.45) is 0 Å². The molecule has 7 heteroatoms. The van der Waals surface area contributed by atoms with Crippen LogP contribution in [-0.4, -0.2) is 39.0 Å². The lowest BCUT2D eigenvalue weighted by molar-refractivity contribution is 0.271. The smallest absolute Gasteiger partial charge is 0.243 e. The van der Waals surface area contributed by atoms with E-state index in [4.69, 9.17) is 16.3 Å². The fourth-order valence-electron chi connectivity index (χ4n) is 3.44. The van der Waals surface area contributed by atoms with Crippen LogP contribution in [0.2, 0.25) is 5.02 Å². The number of halogens is 1. The Morgan fingerprint density at radius 1 is 1.20 bits per heavy atom. The Kier molecular flexibility index (Phi) is 4.45. The van der Waals surface area contributed by atoms with E-state index in [9.17, 15) is 8.42 Å². The lowest BCUT2D eigenvalue weighted by Crippen LogP contribution is -2.48. The van der Waals surface area contributed by atoms with Gasteiger partial charge in [0.1, 0.15) is 5.75 Å². The predicted octanol–water partition coefficient (Wildman–Crippen LogP) is 2.61. The summed E-state index contributed by atoms with van der Waals surface area (Å²) in [4.78, 5) is 0.315. The summed E-state index contributed by atoms with van der Waals surface area (Å²) in [6.07, 6.45) is 0.744. The van der Waals surface area contributed by atoms with Crippen LogP contribution in [-0.2, 0) is 16.4 Å². The van der Waals surface area contributed by atoms with Crippen molar-refractivity contribution < 1.29 is 13.2 Å². The molecule has 0 bridgehead atoms. The summed E-state index contributed by atoms with van der Waals surface area (Å²) in [6, 6.07) is 12.2. The number of hydrogen-bond acceptors (Lipinski definition) is 4. The molecule has 0 spiro atoms. The van der Waals surface area contributed by atoms with Crippen molar-refractivity contribution in [3.63, 3.8) is 0 Å². The Morgan fingerprint density at radius 3 is 2.88 bits per heavy atom. The molecule has 1 saturated heterocycles. The normalized spacial score (nSPS) is 20.9. The number of rotatable bonds is 3. The lowest BCUT2D eigenvalue weighted by Gasteiger charge is -2.35. The maximum Gasteiger partial charge on any atom is 0.243 e. The fraction of sp³-hybridized carbons (Fsp3) is 0.333. The van der Waals surface area contributed by atoms with Gasteiger partial charge in [-0.1, -0.05) is 29.8 Å². The number of nitrogens with one attached hydrogen (secondary N) is 1. The second-order valence-electron chi connectivity index (χ2n) is 6.23. The van der Waals surface area contributed by atoms with Gasteiger partial charge in [-0.3, -0.25) is 0 Å². The van der Waals surface area contributed by atoms with Gasteiger partial charge in [0.15, 0.2) is 0 Å². The molecule has 132 valence electrons. The van der Waals surface area contributed by atoms with Crippen LogP contribution in [0.4, 0.5) is 0 Å². The maximum atomic E-state index is 13.3. The summed E-state index contributed by atoms with van der Waals surface area (Å²) >= 11 is 6.33. The van der Waals surface area contributed by atoms with E-state index in [2.05, 4.69) is 5.32 Å². The van der Waals surface area contributed by atoms with Gasteiger partial charge in [0.05, 0.1) is 17.5 Å². The zero-order valence-corrected chi connectivity index (χ0v) is 15.2. The van der Waals surface area contributed by atoms with Crippen molar-refractivity contribution in [3.8, 4) is 5.75 Å². The molecule has 2 heterocycles. The summed E-state index contributed by atoms with van der Waals surface area (Å²) in [5.41, 5.74) is 1.77. The molecule has 0 aromatic heterocycles. The first-order valence-electron chi connectivity index (χ1n) is 8.30. The van der Waals surface area contributed by atoms with Gasteiger partial charge in [0, 0.05) is 31.1 Å². The Hall–Kier alpha value is -1.60. The maximum absolute atomic E-state index is 13.3. The third-order valence-electron chi connectivity index (χ3n) is 4.73. The summed E-state index contributed by atoms with van der Waals surface area (Å²) < 4.78 is 33.6. The van der Waals surface area contributed by atoms with E-state index >= 15 is 0 Å². The second-order valence-corrected chi connectivity index (χ2v) is 8.52. The lowest BCUT2D eigenvalue weighted by atomic mass is 10.1. The molecule has 25 heavy (non-hydrogen) atoms.